The first-order valence-electron chi connectivity index (χ1n) is 10.2. The molecule has 28 heavy (non-hydrogen) atoms. The molecular formula is C21H31N4O3+. The molecule has 1 aromatic rings. The van der Waals surface area contributed by atoms with Gasteiger partial charge in [-0.05, 0) is 24.8 Å². The Morgan fingerprint density at radius 1 is 1.21 bits per heavy atom. The van der Waals surface area contributed by atoms with Crippen LogP contribution in [0.1, 0.15) is 50.1 Å². The van der Waals surface area contributed by atoms with Gasteiger partial charge >= 0.3 is 6.03 Å². The summed E-state index contributed by atoms with van der Waals surface area (Å²) in [5, 5.41) is 5.97. The second kappa shape index (κ2) is 8.73. The highest BCUT2D eigenvalue weighted by Gasteiger charge is 2.52. The van der Waals surface area contributed by atoms with E-state index in [-0.39, 0.29) is 36.9 Å². The van der Waals surface area contributed by atoms with E-state index in [9.17, 15) is 14.4 Å². The number of quaternary nitrogens is 1. The monoisotopic (exact) mass is 387 g/mol. The average molecular weight is 388 g/mol. The first-order chi connectivity index (χ1) is 13.4. The number of imide groups is 1. The normalized spacial score (nSPS) is 19.3. The van der Waals surface area contributed by atoms with Crippen LogP contribution in [0.3, 0.4) is 0 Å². The van der Waals surface area contributed by atoms with Crippen LogP contribution in [0.2, 0.25) is 0 Å². The quantitative estimate of drug-likeness (QED) is 0.573. The van der Waals surface area contributed by atoms with Gasteiger partial charge in [0.15, 0.2) is 0 Å². The summed E-state index contributed by atoms with van der Waals surface area (Å²) >= 11 is 0. The fourth-order valence-electron chi connectivity index (χ4n) is 4.21. The number of hydrogen-bond donors (Lipinski definition) is 3. The summed E-state index contributed by atoms with van der Waals surface area (Å²) in [7, 11) is 4.11. The van der Waals surface area contributed by atoms with Gasteiger partial charge < -0.3 is 15.5 Å². The second-order valence-electron chi connectivity index (χ2n) is 8.22. The molecule has 1 heterocycles. The Morgan fingerprint density at radius 3 is 2.54 bits per heavy atom. The number of carbonyl (C=O) groups excluding carboxylic acids is 3. The molecule has 1 aliphatic carbocycles. The van der Waals surface area contributed by atoms with E-state index in [0.29, 0.717) is 6.42 Å². The van der Waals surface area contributed by atoms with Crippen LogP contribution in [0, 0.1) is 0 Å². The summed E-state index contributed by atoms with van der Waals surface area (Å²) in [6, 6.07) is 9.55. The summed E-state index contributed by atoms with van der Waals surface area (Å²) in [5.41, 5.74) is 0.404. The lowest BCUT2D eigenvalue weighted by atomic mass is 9.98. The van der Waals surface area contributed by atoms with Crippen molar-refractivity contribution in [3.05, 3.63) is 35.9 Å². The maximum Gasteiger partial charge on any atom is 0.325 e. The molecule has 0 unspecified atom stereocenters. The van der Waals surface area contributed by atoms with Crippen LogP contribution in [-0.2, 0) is 9.59 Å². The number of likely N-dealkylation sites (N-methyl/N-ethyl adjacent to an activating group) is 1. The van der Waals surface area contributed by atoms with Gasteiger partial charge in [0.25, 0.3) is 5.91 Å². The lowest BCUT2D eigenvalue weighted by Crippen LogP contribution is -3.06. The van der Waals surface area contributed by atoms with Gasteiger partial charge in [0, 0.05) is 13.0 Å². The molecule has 1 aliphatic heterocycles. The van der Waals surface area contributed by atoms with Crippen molar-refractivity contribution >= 4 is 17.8 Å². The molecule has 4 amide bonds. The van der Waals surface area contributed by atoms with E-state index in [1.54, 1.807) is 0 Å². The lowest BCUT2D eigenvalue weighted by molar-refractivity contribution is -0.860. The Bertz CT molecular complexity index is 714. The van der Waals surface area contributed by atoms with Crippen molar-refractivity contribution in [2.45, 2.75) is 50.1 Å². The fraction of sp³-hybridized carbons (Fsp3) is 0.571. The van der Waals surface area contributed by atoms with Crippen LogP contribution < -0.4 is 15.5 Å². The molecule has 1 atom stereocenters. The van der Waals surface area contributed by atoms with E-state index in [2.05, 4.69) is 24.7 Å². The predicted molar refractivity (Wildman–Crippen MR) is 106 cm³/mol. The second-order valence-corrected chi connectivity index (χ2v) is 8.22. The van der Waals surface area contributed by atoms with Crippen LogP contribution in [0.5, 0.6) is 0 Å². The number of urea groups is 1. The van der Waals surface area contributed by atoms with Gasteiger partial charge in [-0.3, -0.25) is 14.5 Å². The van der Waals surface area contributed by atoms with Crippen molar-refractivity contribution in [3.8, 4) is 0 Å². The molecule has 3 N–H and O–H groups in total. The molecular weight excluding hydrogens is 356 g/mol. The van der Waals surface area contributed by atoms with E-state index in [1.807, 2.05) is 30.3 Å². The van der Waals surface area contributed by atoms with E-state index in [4.69, 9.17) is 0 Å². The Labute approximate surface area is 166 Å². The zero-order valence-corrected chi connectivity index (χ0v) is 16.8. The van der Waals surface area contributed by atoms with Gasteiger partial charge in [-0.2, -0.15) is 0 Å². The molecule has 1 aromatic carbocycles. The third-order valence-corrected chi connectivity index (χ3v) is 5.64. The Kier molecular flexibility index (Phi) is 6.34. The highest BCUT2D eigenvalue weighted by atomic mass is 16.2. The van der Waals surface area contributed by atoms with Gasteiger partial charge in [-0.1, -0.05) is 43.2 Å². The maximum absolute atomic E-state index is 12.6. The lowest BCUT2D eigenvalue weighted by Gasteiger charge is -2.21. The molecule has 1 spiro atoms. The molecule has 7 heteroatoms. The van der Waals surface area contributed by atoms with Crippen molar-refractivity contribution in [3.63, 3.8) is 0 Å². The number of nitrogens with zero attached hydrogens (tertiary/aromatic N) is 1. The van der Waals surface area contributed by atoms with E-state index in [1.165, 1.54) is 9.80 Å². The minimum Gasteiger partial charge on any atom is -0.344 e. The van der Waals surface area contributed by atoms with Gasteiger partial charge in [-0.25, -0.2) is 4.79 Å². The average Bonchev–Trinajstić information content (AvgIpc) is 3.22. The van der Waals surface area contributed by atoms with Crippen LogP contribution >= 0.6 is 0 Å². The molecule has 0 radical (unpaired) electrons. The van der Waals surface area contributed by atoms with Gasteiger partial charge in [0.2, 0.25) is 5.91 Å². The Morgan fingerprint density at radius 2 is 1.89 bits per heavy atom. The Balaban J connectivity index is 1.51. The SMILES string of the molecule is C[NH+](C)C[C@H](NC(=O)CCCN1C(=O)NC2(CCCC2)C1=O)c1ccccc1. The van der Waals surface area contributed by atoms with Crippen molar-refractivity contribution in [2.75, 3.05) is 27.2 Å². The number of carbonyl (C=O) groups is 3. The first-order valence-corrected chi connectivity index (χ1v) is 10.2. The van der Waals surface area contributed by atoms with Crippen LogP contribution in [0.25, 0.3) is 0 Å². The minimum atomic E-state index is -0.674. The molecule has 7 nitrogen and oxygen atoms in total. The zero-order valence-electron chi connectivity index (χ0n) is 16.8. The van der Waals surface area contributed by atoms with Crippen molar-refractivity contribution in [1.82, 2.24) is 15.5 Å². The number of amides is 4. The van der Waals surface area contributed by atoms with E-state index >= 15 is 0 Å². The largest absolute Gasteiger partial charge is 0.344 e. The number of hydrogen-bond acceptors (Lipinski definition) is 3. The number of rotatable bonds is 8. The highest BCUT2D eigenvalue weighted by molar-refractivity contribution is 6.07. The molecule has 1 saturated carbocycles. The smallest absolute Gasteiger partial charge is 0.325 e. The molecule has 152 valence electrons. The van der Waals surface area contributed by atoms with Crippen molar-refractivity contribution in [1.29, 1.82) is 0 Å². The standard InChI is InChI=1S/C21H30N4O3/c1-24(2)15-17(16-9-4-3-5-10-16)22-18(26)11-8-14-25-19(27)21(23-20(25)28)12-6-7-13-21/h3-5,9-10,17H,6-8,11-15H2,1-2H3,(H,22,26)(H,23,28)/p+1/t17-/m0/s1. The van der Waals surface area contributed by atoms with Crippen molar-refractivity contribution in [2.24, 2.45) is 0 Å². The van der Waals surface area contributed by atoms with Crippen molar-refractivity contribution < 1.29 is 19.3 Å². The zero-order chi connectivity index (χ0) is 20.1. The van der Waals surface area contributed by atoms with Gasteiger partial charge in [0.1, 0.15) is 18.1 Å². The summed E-state index contributed by atoms with van der Waals surface area (Å²) in [6.45, 7) is 1.07. The minimum absolute atomic E-state index is 0.0577. The summed E-state index contributed by atoms with van der Waals surface area (Å²) in [6.07, 6.45) is 4.14. The topological polar surface area (TPSA) is 82.9 Å². The van der Waals surface area contributed by atoms with E-state index in [0.717, 1.165) is 37.8 Å². The van der Waals surface area contributed by atoms with E-state index < -0.39 is 5.54 Å². The van der Waals surface area contributed by atoms with Crippen LogP contribution in [-0.4, -0.2) is 55.5 Å². The first kappa shape index (κ1) is 20.3. The van der Waals surface area contributed by atoms with Crippen LogP contribution in [0.15, 0.2) is 30.3 Å². The molecule has 2 fully saturated rings. The molecule has 0 bridgehead atoms. The summed E-state index contributed by atoms with van der Waals surface area (Å²) in [4.78, 5) is 39.8. The molecule has 1 saturated heterocycles. The van der Waals surface area contributed by atoms with Gasteiger partial charge in [0.05, 0.1) is 14.1 Å². The maximum atomic E-state index is 12.6. The fourth-order valence-corrected chi connectivity index (χ4v) is 4.21. The Hall–Kier alpha value is -2.41. The number of benzene rings is 1. The molecule has 0 aromatic heterocycles. The third-order valence-electron chi connectivity index (χ3n) is 5.64. The number of nitrogens with one attached hydrogen (secondary N) is 3. The molecule has 3 rings (SSSR count). The summed E-state index contributed by atoms with van der Waals surface area (Å²) in [5.74, 6) is -0.175. The highest BCUT2D eigenvalue weighted by Crippen LogP contribution is 2.35. The van der Waals surface area contributed by atoms with Crippen LogP contribution in [0.4, 0.5) is 4.79 Å². The third kappa shape index (κ3) is 4.52. The molecule has 2 aliphatic rings. The predicted octanol–water partition coefficient (Wildman–Crippen LogP) is 0.633. The summed E-state index contributed by atoms with van der Waals surface area (Å²) < 4.78 is 0. The van der Waals surface area contributed by atoms with Gasteiger partial charge in [-0.15, -0.1) is 0 Å².